The van der Waals surface area contributed by atoms with Gasteiger partial charge in [0.05, 0.1) is 36.3 Å². The number of anilines is 1. The molecule has 168 valence electrons. The van der Waals surface area contributed by atoms with Crippen molar-refractivity contribution in [1.29, 1.82) is 0 Å². The van der Waals surface area contributed by atoms with Crippen molar-refractivity contribution < 1.29 is 9.47 Å². The van der Waals surface area contributed by atoms with Crippen LogP contribution in [0, 0.1) is 0 Å². The van der Waals surface area contributed by atoms with E-state index < -0.39 is 5.79 Å². The van der Waals surface area contributed by atoms with Crippen LogP contribution in [-0.4, -0.2) is 33.1 Å². The van der Waals surface area contributed by atoms with Crippen molar-refractivity contribution in [3.63, 3.8) is 0 Å². The van der Waals surface area contributed by atoms with Gasteiger partial charge in [-0.3, -0.25) is 5.01 Å². The molecular weight excluding hydrogens is 489 g/mol. The number of thioether (sulfide) groups is 1. The summed E-state index contributed by atoms with van der Waals surface area (Å²) in [5.74, 6) is 5.48. The van der Waals surface area contributed by atoms with Crippen LogP contribution < -0.4 is 16.6 Å². The molecule has 4 N–H and O–H groups in total. The first-order valence-electron chi connectivity index (χ1n) is 9.66. The Morgan fingerprint density at radius 3 is 2.72 bits per heavy atom. The number of nitrogens with zero attached hydrogens (tertiary/aromatic N) is 3. The van der Waals surface area contributed by atoms with Gasteiger partial charge < -0.3 is 19.8 Å². The summed E-state index contributed by atoms with van der Waals surface area (Å²) in [4.78, 5) is 5.18. The number of imidazole rings is 1. The summed E-state index contributed by atoms with van der Waals surface area (Å²) in [5.41, 5.74) is 7.02. The second-order valence-corrected chi connectivity index (χ2v) is 9.53. The number of thiocarbonyl (C=S) groups is 1. The normalized spacial score (nSPS) is 20.4. The van der Waals surface area contributed by atoms with Crippen LogP contribution in [0.4, 0.5) is 5.69 Å². The van der Waals surface area contributed by atoms with Crippen LogP contribution in [0.15, 0.2) is 66.1 Å². The van der Waals surface area contributed by atoms with E-state index in [2.05, 4.69) is 4.98 Å². The minimum atomic E-state index is -1.03. The fraction of sp³-hybridized carbons (Fsp3) is 0.238. The Morgan fingerprint density at radius 1 is 1.28 bits per heavy atom. The van der Waals surface area contributed by atoms with E-state index in [1.165, 1.54) is 5.01 Å². The van der Waals surface area contributed by atoms with Crippen molar-refractivity contribution in [3.8, 4) is 0 Å². The summed E-state index contributed by atoms with van der Waals surface area (Å²) < 4.78 is 14.6. The Kier molecular flexibility index (Phi) is 7.26. The van der Waals surface area contributed by atoms with Gasteiger partial charge in [-0.1, -0.05) is 29.3 Å². The van der Waals surface area contributed by atoms with Crippen LogP contribution in [0.2, 0.25) is 10.0 Å². The number of aromatic nitrogens is 2. The number of hydrazine groups is 1. The Morgan fingerprint density at radius 2 is 2.06 bits per heavy atom. The van der Waals surface area contributed by atoms with E-state index in [1.54, 1.807) is 36.4 Å². The molecule has 7 nitrogen and oxygen atoms in total. The fourth-order valence-electron chi connectivity index (χ4n) is 3.39. The molecule has 0 bridgehead atoms. The fourth-order valence-corrected chi connectivity index (χ4v) is 4.92. The highest BCUT2D eigenvalue weighted by Crippen LogP contribution is 2.41. The zero-order valence-electron chi connectivity index (χ0n) is 16.9. The summed E-state index contributed by atoms with van der Waals surface area (Å²) in [6, 6.07) is 13.0. The highest BCUT2D eigenvalue weighted by Gasteiger charge is 2.45. The molecule has 0 spiro atoms. The number of halogens is 2. The van der Waals surface area contributed by atoms with Gasteiger partial charge in [-0.2, -0.15) is 0 Å². The van der Waals surface area contributed by atoms with E-state index in [9.17, 15) is 0 Å². The number of hydrogen-bond acceptors (Lipinski definition) is 6. The number of rotatable bonds is 7. The van der Waals surface area contributed by atoms with Crippen LogP contribution in [0.1, 0.15) is 5.56 Å². The van der Waals surface area contributed by atoms with E-state index in [0.29, 0.717) is 28.9 Å². The third-order valence-electron chi connectivity index (χ3n) is 4.94. The molecule has 4 rings (SSSR count). The van der Waals surface area contributed by atoms with Crippen molar-refractivity contribution in [1.82, 2.24) is 9.55 Å². The van der Waals surface area contributed by atoms with Crippen molar-refractivity contribution in [2.24, 2.45) is 11.6 Å². The highest BCUT2D eigenvalue weighted by molar-refractivity contribution is 7.99. The zero-order chi connectivity index (χ0) is 22.7. The van der Waals surface area contributed by atoms with E-state index >= 15 is 0 Å². The van der Waals surface area contributed by atoms with Gasteiger partial charge in [-0.15, -0.1) is 11.8 Å². The third kappa shape index (κ3) is 5.20. The lowest BCUT2D eigenvalue weighted by atomic mass is 10.1. The van der Waals surface area contributed by atoms with E-state index in [1.807, 2.05) is 41.1 Å². The van der Waals surface area contributed by atoms with Gasteiger partial charge in [-0.25, -0.2) is 10.8 Å². The third-order valence-corrected chi connectivity index (χ3v) is 6.83. The smallest absolute Gasteiger partial charge is 0.215 e. The van der Waals surface area contributed by atoms with E-state index in [0.717, 1.165) is 16.1 Å². The van der Waals surface area contributed by atoms with Gasteiger partial charge >= 0.3 is 0 Å². The number of nitrogens with two attached hydrogens (primary N) is 2. The Balaban J connectivity index is 1.47. The van der Waals surface area contributed by atoms with Gasteiger partial charge in [0.25, 0.3) is 0 Å². The van der Waals surface area contributed by atoms with Crippen LogP contribution in [-0.2, 0) is 21.8 Å². The average Bonchev–Trinajstić information content (AvgIpc) is 3.43. The molecule has 0 saturated carbocycles. The second kappa shape index (κ2) is 9.96. The highest BCUT2D eigenvalue weighted by atomic mass is 35.5. The number of hydrogen-bond donors (Lipinski definition) is 2. The first kappa shape index (κ1) is 23.3. The molecule has 1 saturated heterocycles. The molecule has 0 amide bonds. The molecule has 0 radical (unpaired) electrons. The maximum atomic E-state index is 6.52. The van der Waals surface area contributed by atoms with Crippen LogP contribution in [0.5, 0.6) is 0 Å². The molecule has 1 aliphatic rings. The number of benzene rings is 2. The molecule has 1 aromatic heterocycles. The quantitative estimate of drug-likeness (QED) is 0.212. The Bertz CT molecular complexity index is 1080. The lowest BCUT2D eigenvalue weighted by Crippen LogP contribution is -2.41. The predicted octanol–water partition coefficient (Wildman–Crippen LogP) is 4.17. The molecule has 1 fully saturated rings. The van der Waals surface area contributed by atoms with Crippen molar-refractivity contribution in [2.45, 2.75) is 23.3 Å². The van der Waals surface area contributed by atoms with Gasteiger partial charge in [0, 0.05) is 33.6 Å². The summed E-state index contributed by atoms with van der Waals surface area (Å²) >= 11 is 19.2. The SMILES string of the molecule is NC(=S)N(N)c1ccc(SCC2COC(Cn3ccnc3)(c3ccc(Cl)cc3Cl)O2)cc1. The Hall–Kier alpha value is -1.85. The van der Waals surface area contributed by atoms with Gasteiger partial charge in [0.1, 0.15) is 0 Å². The van der Waals surface area contributed by atoms with Gasteiger partial charge in [0.2, 0.25) is 5.79 Å². The largest absolute Gasteiger partial charge is 0.375 e. The average molecular weight is 510 g/mol. The molecule has 32 heavy (non-hydrogen) atoms. The van der Waals surface area contributed by atoms with Gasteiger partial charge in [0.15, 0.2) is 5.11 Å². The standard InChI is InChI=1S/C21H21Cl2N5O2S2/c22-14-1-6-18(19(23)9-14)21(12-27-8-7-26-13-27)29-10-16(30-21)11-32-17-4-2-15(3-5-17)28(25)20(24)31/h1-9,13,16H,10-12,25H2,(H2,24,31). The molecule has 3 aromatic rings. The lowest BCUT2D eigenvalue weighted by Gasteiger charge is -2.30. The molecule has 2 unspecified atom stereocenters. The maximum Gasteiger partial charge on any atom is 0.215 e. The number of ether oxygens (including phenoxy) is 2. The first-order valence-corrected chi connectivity index (χ1v) is 11.8. The molecule has 2 aromatic carbocycles. The molecule has 2 atom stereocenters. The molecule has 1 aliphatic heterocycles. The second-order valence-electron chi connectivity index (χ2n) is 7.18. The van der Waals surface area contributed by atoms with Crippen molar-refractivity contribution in [2.75, 3.05) is 17.4 Å². The van der Waals surface area contributed by atoms with Crippen LogP contribution in [0.25, 0.3) is 0 Å². The maximum absolute atomic E-state index is 6.52. The topological polar surface area (TPSA) is 91.6 Å². The molecular formula is C21H21Cl2N5O2S2. The molecule has 2 heterocycles. The van der Waals surface area contributed by atoms with Crippen LogP contribution >= 0.6 is 47.2 Å². The van der Waals surface area contributed by atoms with E-state index in [-0.39, 0.29) is 11.2 Å². The van der Waals surface area contributed by atoms with Gasteiger partial charge in [-0.05, 0) is 48.6 Å². The summed E-state index contributed by atoms with van der Waals surface area (Å²) in [7, 11) is 0. The molecule has 11 heteroatoms. The van der Waals surface area contributed by atoms with E-state index in [4.69, 9.17) is 56.5 Å². The lowest BCUT2D eigenvalue weighted by molar-refractivity contribution is -0.184. The zero-order valence-corrected chi connectivity index (χ0v) is 20.0. The minimum absolute atomic E-state index is 0.108. The molecule has 0 aliphatic carbocycles. The predicted molar refractivity (Wildman–Crippen MR) is 132 cm³/mol. The summed E-state index contributed by atoms with van der Waals surface area (Å²) in [6.45, 7) is 0.840. The summed E-state index contributed by atoms with van der Waals surface area (Å²) in [6.07, 6.45) is 5.14. The summed E-state index contributed by atoms with van der Waals surface area (Å²) in [5, 5.41) is 2.41. The monoisotopic (exact) mass is 509 g/mol. The first-order chi connectivity index (χ1) is 15.4. The van der Waals surface area contributed by atoms with Crippen molar-refractivity contribution >= 4 is 58.0 Å². The van der Waals surface area contributed by atoms with Crippen LogP contribution in [0.3, 0.4) is 0 Å². The minimum Gasteiger partial charge on any atom is -0.375 e. The van der Waals surface area contributed by atoms with Crippen molar-refractivity contribution in [3.05, 3.63) is 76.8 Å². The Labute approximate surface area is 205 Å².